The van der Waals surface area contributed by atoms with Crippen molar-refractivity contribution < 1.29 is 8.42 Å². The number of aryl methyl sites for hydroxylation is 1. The highest BCUT2D eigenvalue weighted by Crippen LogP contribution is 2.25. The Morgan fingerprint density at radius 3 is 2.95 bits per heavy atom. The van der Waals surface area contributed by atoms with Crippen molar-refractivity contribution in [2.45, 2.75) is 11.4 Å². The Labute approximate surface area is 130 Å². The van der Waals surface area contributed by atoms with Crippen LogP contribution in [0.2, 0.25) is 5.15 Å². The summed E-state index contributed by atoms with van der Waals surface area (Å²) in [5.41, 5.74) is 0.820. The first-order chi connectivity index (χ1) is 9.97. The number of hydrogen-bond acceptors (Lipinski definition) is 5. The van der Waals surface area contributed by atoms with Crippen molar-refractivity contribution in [3.05, 3.63) is 34.7 Å². The van der Waals surface area contributed by atoms with Crippen LogP contribution < -0.4 is 4.72 Å². The van der Waals surface area contributed by atoms with Gasteiger partial charge in [-0.05, 0) is 6.07 Å². The molecule has 7 nitrogen and oxygen atoms in total. The molecule has 0 aliphatic heterocycles. The lowest BCUT2D eigenvalue weighted by atomic mass is 10.3. The van der Waals surface area contributed by atoms with E-state index in [0.717, 1.165) is 5.69 Å². The highest BCUT2D eigenvalue weighted by Gasteiger charge is 2.24. The number of hydrogen-bond donors (Lipinski definition) is 1. The number of nitrogens with zero attached hydrogens (tertiary/aromatic N) is 4. The zero-order valence-corrected chi connectivity index (χ0v) is 13.4. The zero-order valence-electron chi connectivity index (χ0n) is 11.0. The van der Waals surface area contributed by atoms with Crippen LogP contribution in [0.1, 0.15) is 5.69 Å². The van der Waals surface area contributed by atoms with Crippen LogP contribution in [0.15, 0.2) is 28.9 Å². The van der Waals surface area contributed by atoms with Gasteiger partial charge in [-0.3, -0.25) is 9.08 Å². The summed E-state index contributed by atoms with van der Waals surface area (Å²) >= 11 is 7.26. The minimum absolute atomic E-state index is 0.0211. The Bertz CT molecular complexity index is 880. The third-order valence-electron chi connectivity index (χ3n) is 2.88. The third-order valence-corrected chi connectivity index (χ3v) is 5.49. The standard InChI is InChI=1S/C11H12ClN5O2S2/c1-16-5-3-8(15-16)2-4-13-21(18,19)10-9(12)14-11-17(10)6-7-20-11/h3,5-7,13H,2,4H2,1H3. The number of aromatic nitrogens is 4. The molecule has 0 spiro atoms. The van der Waals surface area contributed by atoms with Crippen molar-refractivity contribution in [2.75, 3.05) is 6.54 Å². The summed E-state index contributed by atoms with van der Waals surface area (Å²) in [5, 5.41) is 5.90. The highest BCUT2D eigenvalue weighted by molar-refractivity contribution is 7.89. The molecule has 112 valence electrons. The number of rotatable bonds is 5. The molecule has 3 aromatic rings. The van der Waals surface area contributed by atoms with Crippen LogP contribution in [0.3, 0.4) is 0 Å². The van der Waals surface area contributed by atoms with E-state index in [1.807, 2.05) is 19.3 Å². The van der Waals surface area contributed by atoms with Crippen molar-refractivity contribution >= 4 is 37.9 Å². The first kappa shape index (κ1) is 14.5. The number of fused-ring (bicyclic) bond motifs is 1. The van der Waals surface area contributed by atoms with E-state index in [4.69, 9.17) is 11.6 Å². The second kappa shape index (κ2) is 5.41. The van der Waals surface area contributed by atoms with Gasteiger partial charge in [0.05, 0.1) is 5.69 Å². The van der Waals surface area contributed by atoms with Gasteiger partial charge in [0.2, 0.25) is 0 Å². The van der Waals surface area contributed by atoms with Crippen LogP contribution in [0.5, 0.6) is 0 Å². The van der Waals surface area contributed by atoms with Crippen LogP contribution in [-0.4, -0.2) is 34.1 Å². The third kappa shape index (κ3) is 2.82. The monoisotopic (exact) mass is 345 g/mol. The molecule has 3 rings (SSSR count). The zero-order chi connectivity index (χ0) is 15.0. The molecule has 0 aliphatic carbocycles. The molecule has 0 aliphatic rings. The molecule has 3 aromatic heterocycles. The number of thiazole rings is 1. The Morgan fingerprint density at radius 1 is 1.43 bits per heavy atom. The molecule has 0 atom stereocenters. The lowest BCUT2D eigenvalue weighted by Crippen LogP contribution is -2.27. The van der Waals surface area contributed by atoms with Crippen LogP contribution in [0.25, 0.3) is 4.96 Å². The van der Waals surface area contributed by atoms with Crippen LogP contribution in [0.4, 0.5) is 0 Å². The van der Waals surface area contributed by atoms with E-state index in [2.05, 4.69) is 14.8 Å². The lowest BCUT2D eigenvalue weighted by molar-refractivity contribution is 0.576. The first-order valence-electron chi connectivity index (χ1n) is 6.06. The molecule has 0 radical (unpaired) electrons. The Kier molecular flexibility index (Phi) is 3.74. The van der Waals surface area contributed by atoms with Gasteiger partial charge in [0.15, 0.2) is 15.1 Å². The number of imidazole rings is 1. The molecule has 0 amide bonds. The van der Waals surface area contributed by atoms with E-state index in [9.17, 15) is 8.42 Å². The van der Waals surface area contributed by atoms with E-state index in [1.165, 1.54) is 15.7 Å². The fourth-order valence-corrected chi connectivity index (χ4v) is 4.44. The van der Waals surface area contributed by atoms with Crippen LogP contribution in [-0.2, 0) is 23.5 Å². The fourth-order valence-electron chi connectivity index (χ4n) is 1.96. The van der Waals surface area contributed by atoms with Gasteiger partial charge in [0, 0.05) is 37.8 Å². The largest absolute Gasteiger partial charge is 0.279 e. The molecule has 0 aromatic carbocycles. The SMILES string of the molecule is Cn1ccc(CCNS(=O)(=O)c2c(Cl)nc3sccn23)n1. The van der Waals surface area contributed by atoms with Gasteiger partial charge in [-0.15, -0.1) is 11.3 Å². The fraction of sp³-hybridized carbons (Fsp3) is 0.273. The summed E-state index contributed by atoms with van der Waals surface area (Å²) in [4.78, 5) is 4.57. The Morgan fingerprint density at radius 2 is 2.24 bits per heavy atom. The van der Waals surface area contributed by atoms with Crippen molar-refractivity contribution in [1.29, 1.82) is 0 Å². The van der Waals surface area contributed by atoms with Gasteiger partial charge in [-0.2, -0.15) is 5.10 Å². The minimum Gasteiger partial charge on any atom is -0.279 e. The summed E-state index contributed by atoms with van der Waals surface area (Å²) in [6.45, 7) is 0.243. The Hall–Kier alpha value is -1.42. The molecule has 0 saturated heterocycles. The quantitative estimate of drug-likeness (QED) is 0.755. The van der Waals surface area contributed by atoms with E-state index in [0.29, 0.717) is 11.4 Å². The predicted molar refractivity (Wildman–Crippen MR) is 80.2 cm³/mol. The smallest absolute Gasteiger partial charge is 0.259 e. The van der Waals surface area contributed by atoms with E-state index >= 15 is 0 Å². The van der Waals surface area contributed by atoms with Gasteiger partial charge < -0.3 is 0 Å². The Balaban J connectivity index is 1.77. The maximum absolute atomic E-state index is 12.3. The molecular formula is C11H12ClN5O2S2. The first-order valence-corrected chi connectivity index (χ1v) is 8.81. The average Bonchev–Trinajstić information content (AvgIpc) is 3.04. The molecule has 10 heteroatoms. The molecule has 1 N–H and O–H groups in total. The van der Waals surface area contributed by atoms with Crippen LogP contribution in [0, 0.1) is 0 Å². The number of halogens is 1. The average molecular weight is 346 g/mol. The number of sulfonamides is 1. The normalized spacial score (nSPS) is 12.3. The van der Waals surface area contributed by atoms with Gasteiger partial charge in [-0.1, -0.05) is 11.6 Å². The van der Waals surface area contributed by atoms with Crippen LogP contribution >= 0.6 is 22.9 Å². The van der Waals surface area contributed by atoms with Gasteiger partial charge in [-0.25, -0.2) is 18.1 Å². The molecular weight excluding hydrogens is 334 g/mol. The summed E-state index contributed by atoms with van der Waals surface area (Å²) in [5.74, 6) is 0. The second-order valence-electron chi connectivity index (χ2n) is 4.39. The van der Waals surface area contributed by atoms with Crippen molar-refractivity contribution in [1.82, 2.24) is 23.9 Å². The topological polar surface area (TPSA) is 81.3 Å². The number of nitrogens with one attached hydrogen (secondary N) is 1. The summed E-state index contributed by atoms with van der Waals surface area (Å²) in [6, 6.07) is 1.84. The van der Waals surface area contributed by atoms with Crippen molar-refractivity contribution in [2.24, 2.45) is 7.05 Å². The van der Waals surface area contributed by atoms with Gasteiger partial charge in [0.25, 0.3) is 10.0 Å². The summed E-state index contributed by atoms with van der Waals surface area (Å²) < 4.78 is 30.4. The van der Waals surface area contributed by atoms with E-state index < -0.39 is 10.0 Å². The van der Waals surface area contributed by atoms with Gasteiger partial charge in [0.1, 0.15) is 0 Å². The van der Waals surface area contributed by atoms with E-state index in [-0.39, 0.29) is 16.7 Å². The predicted octanol–water partition coefficient (Wildman–Crippen LogP) is 1.30. The molecule has 0 bridgehead atoms. The molecule has 3 heterocycles. The molecule has 0 unspecified atom stereocenters. The molecule has 21 heavy (non-hydrogen) atoms. The highest BCUT2D eigenvalue weighted by atomic mass is 35.5. The second-order valence-corrected chi connectivity index (χ2v) is 7.31. The maximum atomic E-state index is 12.3. The van der Waals surface area contributed by atoms with Crippen molar-refractivity contribution in [3.8, 4) is 0 Å². The molecule has 0 fully saturated rings. The van der Waals surface area contributed by atoms with E-state index in [1.54, 1.807) is 16.3 Å². The maximum Gasteiger partial charge on any atom is 0.259 e. The summed E-state index contributed by atoms with van der Waals surface area (Å²) in [6.07, 6.45) is 3.95. The molecule has 0 saturated carbocycles. The van der Waals surface area contributed by atoms with Crippen molar-refractivity contribution in [3.63, 3.8) is 0 Å². The summed E-state index contributed by atoms with van der Waals surface area (Å²) in [7, 11) is -1.90. The van der Waals surface area contributed by atoms with Gasteiger partial charge >= 0.3 is 0 Å². The minimum atomic E-state index is -3.72. The lowest BCUT2D eigenvalue weighted by Gasteiger charge is -2.05.